The number of likely N-dealkylation sites (tertiary alicyclic amines) is 1. The zero-order valence-electron chi connectivity index (χ0n) is 11.3. The summed E-state index contributed by atoms with van der Waals surface area (Å²) < 4.78 is 10.9. The zero-order chi connectivity index (χ0) is 12.3. The molecule has 104 valence electrons. The molecule has 0 amide bonds. The standard InChI is InChI=1S/C14H26N2O2/c1-4-14(10-15-6-1)5-2-7-16(11-14)9-13-3-8-17-12-18-13/h13,15H,1-12H2. The minimum Gasteiger partial charge on any atom is -0.355 e. The van der Waals surface area contributed by atoms with Crippen LogP contribution in [0.2, 0.25) is 0 Å². The molecular weight excluding hydrogens is 228 g/mol. The average molecular weight is 254 g/mol. The van der Waals surface area contributed by atoms with E-state index in [1.54, 1.807) is 0 Å². The van der Waals surface area contributed by atoms with Crippen LogP contribution in [0, 0.1) is 5.41 Å². The van der Waals surface area contributed by atoms with Crippen molar-refractivity contribution >= 4 is 0 Å². The average Bonchev–Trinajstić information content (AvgIpc) is 2.41. The van der Waals surface area contributed by atoms with Gasteiger partial charge in [0, 0.05) is 19.6 Å². The fourth-order valence-electron chi connectivity index (χ4n) is 3.78. The van der Waals surface area contributed by atoms with Gasteiger partial charge in [-0.1, -0.05) is 0 Å². The third kappa shape index (κ3) is 3.05. The van der Waals surface area contributed by atoms with Gasteiger partial charge in [-0.25, -0.2) is 0 Å². The van der Waals surface area contributed by atoms with E-state index in [2.05, 4.69) is 10.2 Å². The van der Waals surface area contributed by atoms with E-state index in [9.17, 15) is 0 Å². The maximum absolute atomic E-state index is 5.68. The molecule has 2 atom stereocenters. The number of rotatable bonds is 2. The van der Waals surface area contributed by atoms with Crippen molar-refractivity contribution in [2.45, 2.75) is 38.2 Å². The number of hydrogen-bond acceptors (Lipinski definition) is 4. The van der Waals surface area contributed by atoms with Crippen LogP contribution < -0.4 is 5.32 Å². The molecule has 0 bridgehead atoms. The molecule has 0 aliphatic carbocycles. The Kier molecular flexibility index (Phi) is 4.19. The highest BCUT2D eigenvalue weighted by Crippen LogP contribution is 2.36. The molecular formula is C14H26N2O2. The van der Waals surface area contributed by atoms with Crippen molar-refractivity contribution in [1.29, 1.82) is 0 Å². The molecule has 18 heavy (non-hydrogen) atoms. The van der Waals surface area contributed by atoms with E-state index in [-0.39, 0.29) is 0 Å². The Labute approximate surface area is 110 Å². The van der Waals surface area contributed by atoms with Crippen LogP contribution in [0.5, 0.6) is 0 Å². The van der Waals surface area contributed by atoms with Crippen molar-refractivity contribution in [2.75, 3.05) is 46.1 Å². The van der Waals surface area contributed by atoms with Gasteiger partial charge in [0.2, 0.25) is 0 Å². The summed E-state index contributed by atoms with van der Waals surface area (Å²) in [5.74, 6) is 0. The predicted molar refractivity (Wildman–Crippen MR) is 70.5 cm³/mol. The van der Waals surface area contributed by atoms with E-state index >= 15 is 0 Å². The van der Waals surface area contributed by atoms with Gasteiger partial charge < -0.3 is 19.7 Å². The summed E-state index contributed by atoms with van der Waals surface area (Å²) >= 11 is 0. The van der Waals surface area contributed by atoms with Crippen molar-refractivity contribution in [2.24, 2.45) is 5.41 Å². The van der Waals surface area contributed by atoms with Gasteiger partial charge in [-0.3, -0.25) is 0 Å². The summed E-state index contributed by atoms with van der Waals surface area (Å²) in [4.78, 5) is 2.63. The van der Waals surface area contributed by atoms with E-state index in [1.807, 2.05) is 0 Å². The van der Waals surface area contributed by atoms with E-state index in [4.69, 9.17) is 9.47 Å². The molecule has 4 heteroatoms. The highest BCUT2D eigenvalue weighted by Gasteiger charge is 2.37. The normalized spacial score (nSPS) is 39.0. The summed E-state index contributed by atoms with van der Waals surface area (Å²) in [6.45, 7) is 7.41. The SMILES string of the molecule is C1CNCC2(C1)CCCN(CC1CCOCO1)C2. The third-order valence-electron chi connectivity index (χ3n) is 4.73. The molecule has 3 fully saturated rings. The molecule has 3 aliphatic rings. The third-order valence-corrected chi connectivity index (χ3v) is 4.73. The van der Waals surface area contributed by atoms with Crippen molar-refractivity contribution in [3.63, 3.8) is 0 Å². The first-order valence-electron chi connectivity index (χ1n) is 7.49. The fraction of sp³-hybridized carbons (Fsp3) is 1.00. The largest absolute Gasteiger partial charge is 0.355 e. The summed E-state index contributed by atoms with van der Waals surface area (Å²) in [5, 5.41) is 3.59. The summed E-state index contributed by atoms with van der Waals surface area (Å²) in [5.41, 5.74) is 0.557. The Morgan fingerprint density at radius 3 is 3.00 bits per heavy atom. The molecule has 3 saturated heterocycles. The number of hydrogen-bond donors (Lipinski definition) is 1. The van der Waals surface area contributed by atoms with Crippen LogP contribution in [0.15, 0.2) is 0 Å². The predicted octanol–water partition coefficient (Wildman–Crippen LogP) is 1.21. The van der Waals surface area contributed by atoms with Crippen LogP contribution in [0.25, 0.3) is 0 Å². The molecule has 0 aromatic heterocycles. The Morgan fingerprint density at radius 2 is 2.22 bits per heavy atom. The molecule has 2 unspecified atom stereocenters. The summed E-state index contributed by atoms with van der Waals surface area (Å²) in [7, 11) is 0. The number of piperidine rings is 2. The minimum absolute atomic E-state index is 0.394. The van der Waals surface area contributed by atoms with Gasteiger partial charge in [-0.05, 0) is 50.6 Å². The Morgan fingerprint density at radius 1 is 1.28 bits per heavy atom. The molecule has 0 radical (unpaired) electrons. The first kappa shape index (κ1) is 12.9. The van der Waals surface area contributed by atoms with Crippen LogP contribution in [-0.2, 0) is 9.47 Å². The Balaban J connectivity index is 1.52. The van der Waals surface area contributed by atoms with Crippen LogP contribution in [0.4, 0.5) is 0 Å². The fourth-order valence-corrected chi connectivity index (χ4v) is 3.78. The summed E-state index contributed by atoms with van der Waals surface area (Å²) in [6, 6.07) is 0. The molecule has 1 spiro atoms. The van der Waals surface area contributed by atoms with Gasteiger partial charge in [0.1, 0.15) is 6.79 Å². The molecule has 0 saturated carbocycles. The lowest BCUT2D eigenvalue weighted by Gasteiger charge is -2.46. The van der Waals surface area contributed by atoms with Crippen LogP contribution in [0.1, 0.15) is 32.1 Å². The lowest BCUT2D eigenvalue weighted by Crippen LogP contribution is -2.52. The summed E-state index contributed by atoms with van der Waals surface area (Å²) in [6.07, 6.45) is 6.97. The van der Waals surface area contributed by atoms with Crippen molar-refractivity contribution in [3.05, 3.63) is 0 Å². The zero-order valence-corrected chi connectivity index (χ0v) is 11.3. The first-order valence-corrected chi connectivity index (χ1v) is 7.49. The van der Waals surface area contributed by atoms with E-state index in [0.29, 0.717) is 18.3 Å². The van der Waals surface area contributed by atoms with Gasteiger partial charge in [-0.15, -0.1) is 0 Å². The molecule has 0 aromatic carbocycles. The molecule has 3 aliphatic heterocycles. The Bertz CT molecular complexity index is 255. The first-order chi connectivity index (χ1) is 8.86. The van der Waals surface area contributed by atoms with Gasteiger partial charge in [0.25, 0.3) is 0 Å². The number of nitrogens with one attached hydrogen (secondary N) is 1. The second-order valence-corrected chi connectivity index (χ2v) is 6.22. The van der Waals surface area contributed by atoms with Crippen molar-refractivity contribution < 1.29 is 9.47 Å². The van der Waals surface area contributed by atoms with E-state index in [1.165, 1.54) is 51.9 Å². The van der Waals surface area contributed by atoms with Gasteiger partial charge in [-0.2, -0.15) is 0 Å². The van der Waals surface area contributed by atoms with Gasteiger partial charge in [0.05, 0.1) is 12.7 Å². The number of nitrogens with zero attached hydrogens (tertiary/aromatic N) is 1. The van der Waals surface area contributed by atoms with Crippen LogP contribution in [-0.4, -0.2) is 57.1 Å². The lowest BCUT2D eigenvalue weighted by atomic mass is 9.74. The minimum atomic E-state index is 0.394. The lowest BCUT2D eigenvalue weighted by molar-refractivity contribution is -0.147. The van der Waals surface area contributed by atoms with Crippen molar-refractivity contribution in [1.82, 2.24) is 10.2 Å². The van der Waals surface area contributed by atoms with E-state index < -0.39 is 0 Å². The molecule has 0 aromatic rings. The topological polar surface area (TPSA) is 33.7 Å². The molecule has 4 nitrogen and oxygen atoms in total. The molecule has 3 rings (SSSR count). The monoisotopic (exact) mass is 254 g/mol. The number of ether oxygens (including phenoxy) is 2. The maximum atomic E-state index is 5.68. The highest BCUT2D eigenvalue weighted by atomic mass is 16.7. The second-order valence-electron chi connectivity index (χ2n) is 6.22. The smallest absolute Gasteiger partial charge is 0.147 e. The van der Waals surface area contributed by atoms with Crippen molar-refractivity contribution in [3.8, 4) is 0 Å². The quantitative estimate of drug-likeness (QED) is 0.803. The van der Waals surface area contributed by atoms with Crippen LogP contribution >= 0.6 is 0 Å². The van der Waals surface area contributed by atoms with Gasteiger partial charge >= 0.3 is 0 Å². The highest BCUT2D eigenvalue weighted by molar-refractivity contribution is 4.92. The molecule has 3 heterocycles. The Hall–Kier alpha value is -0.160. The molecule has 1 N–H and O–H groups in total. The van der Waals surface area contributed by atoms with Gasteiger partial charge in [0.15, 0.2) is 0 Å². The van der Waals surface area contributed by atoms with E-state index in [0.717, 1.165) is 19.6 Å². The second kappa shape index (κ2) is 5.87. The maximum Gasteiger partial charge on any atom is 0.147 e. The van der Waals surface area contributed by atoms with Crippen LogP contribution in [0.3, 0.4) is 0 Å².